The van der Waals surface area contributed by atoms with Gasteiger partial charge in [-0.15, -0.1) is 0 Å². The van der Waals surface area contributed by atoms with Crippen LogP contribution in [-0.2, 0) is 16.1 Å². The van der Waals surface area contributed by atoms with Gasteiger partial charge in [0.25, 0.3) is 0 Å². The van der Waals surface area contributed by atoms with Crippen molar-refractivity contribution in [3.8, 4) is 5.88 Å². The first-order chi connectivity index (χ1) is 12.5. The predicted molar refractivity (Wildman–Crippen MR) is 98.0 cm³/mol. The average molecular weight is 373 g/mol. The fraction of sp³-hybridized carbons (Fsp3) is 0.176. The van der Waals surface area contributed by atoms with Crippen molar-refractivity contribution < 1.29 is 19.8 Å². The lowest BCUT2D eigenvalue weighted by atomic mass is 10.1. The average Bonchev–Trinajstić information content (AvgIpc) is 3.11. The Morgan fingerprint density at radius 2 is 2.08 bits per heavy atom. The van der Waals surface area contributed by atoms with Crippen molar-refractivity contribution in [3.05, 3.63) is 44.4 Å². The molecule has 0 aliphatic carbocycles. The Hall–Kier alpha value is -3.20. The molecule has 0 saturated carbocycles. The molecule has 1 aromatic heterocycles. The minimum absolute atomic E-state index is 0.0437. The number of thiazole rings is 1. The van der Waals surface area contributed by atoms with Crippen LogP contribution in [-0.4, -0.2) is 39.4 Å². The number of aromatic hydroxyl groups is 1. The Kier molecular flexibility index (Phi) is 4.99. The molecule has 1 aliphatic rings. The van der Waals surface area contributed by atoms with Crippen LogP contribution in [0.15, 0.2) is 34.1 Å². The maximum atomic E-state index is 12.1. The summed E-state index contributed by atoms with van der Waals surface area (Å²) in [6.07, 6.45) is 3.08. The number of rotatable bonds is 6. The van der Waals surface area contributed by atoms with Gasteiger partial charge in [0.15, 0.2) is 0 Å². The molecule has 3 N–H and O–H groups in total. The molecule has 2 heterocycles. The third-order valence-electron chi connectivity index (χ3n) is 3.70. The van der Waals surface area contributed by atoms with Gasteiger partial charge in [-0.05, 0) is 12.1 Å². The quantitative estimate of drug-likeness (QED) is 0.708. The molecule has 134 valence electrons. The topological polar surface area (TPSA) is 121 Å². The lowest BCUT2D eigenvalue weighted by molar-refractivity contribution is -0.136. The second kappa shape index (κ2) is 7.36. The number of amides is 1. The van der Waals surface area contributed by atoms with E-state index in [4.69, 9.17) is 5.11 Å². The van der Waals surface area contributed by atoms with Crippen LogP contribution in [0.25, 0.3) is 11.6 Å². The largest absolute Gasteiger partial charge is 0.493 e. The van der Waals surface area contributed by atoms with Crippen molar-refractivity contribution in [2.75, 3.05) is 6.54 Å². The summed E-state index contributed by atoms with van der Waals surface area (Å²) < 4.78 is 0.950. The lowest BCUT2D eigenvalue weighted by Gasteiger charge is -2.05. The summed E-state index contributed by atoms with van der Waals surface area (Å²) in [7, 11) is 0. The number of para-hydroxylation sites is 1. The lowest BCUT2D eigenvalue weighted by Crippen LogP contribution is -2.31. The van der Waals surface area contributed by atoms with Gasteiger partial charge < -0.3 is 15.5 Å². The van der Waals surface area contributed by atoms with Crippen molar-refractivity contribution >= 4 is 46.8 Å². The highest BCUT2D eigenvalue weighted by Crippen LogP contribution is 2.34. The number of nitrogens with zero attached hydrogens (tertiary/aromatic N) is 2. The minimum Gasteiger partial charge on any atom is -0.493 e. The number of aliphatic carboxylic acids is 1. The molecule has 0 atom stereocenters. The fourth-order valence-corrected chi connectivity index (χ4v) is 3.29. The van der Waals surface area contributed by atoms with Crippen LogP contribution < -0.4 is 10.2 Å². The number of fused-ring (bicyclic) bond motifs is 1. The van der Waals surface area contributed by atoms with E-state index < -0.39 is 16.7 Å². The number of carbonyl (C=O) groups is 2. The number of nitrogens with one attached hydrogen (secondary N) is 1. The van der Waals surface area contributed by atoms with Crippen LogP contribution >= 0.6 is 11.3 Å². The van der Waals surface area contributed by atoms with E-state index in [1.807, 2.05) is 24.3 Å². The van der Waals surface area contributed by atoms with Crippen LogP contribution in [0.2, 0.25) is 0 Å². The van der Waals surface area contributed by atoms with Crippen molar-refractivity contribution in [1.29, 1.82) is 0 Å². The second-order valence-corrected chi connectivity index (χ2v) is 6.50. The molecule has 0 fully saturated rings. The van der Waals surface area contributed by atoms with Gasteiger partial charge in [-0.2, -0.15) is 0 Å². The summed E-state index contributed by atoms with van der Waals surface area (Å²) in [6.45, 7) is -0.424. The van der Waals surface area contributed by atoms with E-state index in [0.717, 1.165) is 32.7 Å². The Morgan fingerprint density at radius 3 is 2.85 bits per heavy atom. The van der Waals surface area contributed by atoms with Crippen LogP contribution in [0.1, 0.15) is 16.9 Å². The van der Waals surface area contributed by atoms with Crippen LogP contribution in [0, 0.1) is 0 Å². The summed E-state index contributed by atoms with van der Waals surface area (Å²) in [4.78, 5) is 38.4. The third kappa shape index (κ3) is 3.72. The zero-order chi connectivity index (χ0) is 18.7. The van der Waals surface area contributed by atoms with Crippen molar-refractivity contribution in [2.24, 2.45) is 4.99 Å². The van der Waals surface area contributed by atoms with Crippen LogP contribution in [0.4, 0.5) is 5.69 Å². The predicted octanol–water partition coefficient (Wildman–Crippen LogP) is 1.46. The Bertz CT molecular complexity index is 987. The molecule has 0 saturated heterocycles. The van der Waals surface area contributed by atoms with Gasteiger partial charge in [-0.25, -0.2) is 0 Å². The molecular weight excluding hydrogens is 358 g/mol. The van der Waals surface area contributed by atoms with Gasteiger partial charge in [0, 0.05) is 23.9 Å². The highest BCUT2D eigenvalue weighted by Gasteiger charge is 2.18. The van der Waals surface area contributed by atoms with Crippen molar-refractivity contribution in [1.82, 2.24) is 9.88 Å². The summed E-state index contributed by atoms with van der Waals surface area (Å²) in [5.74, 6) is -1.89. The molecule has 0 unspecified atom stereocenters. The number of aliphatic imine (C=N–C) groups is 1. The minimum atomic E-state index is -1.03. The molecule has 8 nitrogen and oxygen atoms in total. The normalized spacial score (nSPS) is 13.8. The fourth-order valence-electron chi connectivity index (χ4n) is 2.45. The summed E-state index contributed by atoms with van der Waals surface area (Å²) >= 11 is 0.818. The number of allylic oxidation sites excluding steroid dienone is 1. The van der Waals surface area contributed by atoms with Crippen LogP contribution in [0.5, 0.6) is 5.88 Å². The third-order valence-corrected chi connectivity index (χ3v) is 4.62. The number of carbonyl (C=O) groups excluding carboxylic acids is 1. The number of benzene rings is 1. The van der Waals surface area contributed by atoms with Gasteiger partial charge >= 0.3 is 10.8 Å². The summed E-state index contributed by atoms with van der Waals surface area (Å²) in [5.41, 5.74) is 2.46. The Morgan fingerprint density at radius 1 is 1.31 bits per heavy atom. The smallest absolute Gasteiger partial charge is 0.311 e. The highest BCUT2D eigenvalue weighted by atomic mass is 32.1. The first-order valence-corrected chi connectivity index (χ1v) is 8.53. The summed E-state index contributed by atoms with van der Waals surface area (Å²) in [5, 5.41) is 21.2. The molecule has 0 spiro atoms. The molecule has 26 heavy (non-hydrogen) atoms. The van der Waals surface area contributed by atoms with Gasteiger partial charge in [-0.1, -0.05) is 29.5 Å². The highest BCUT2D eigenvalue weighted by molar-refractivity contribution is 7.10. The zero-order valence-electron chi connectivity index (χ0n) is 13.5. The SMILES string of the molecule is O=C(O)CCNC(=O)Cn1c(O)c(/C=C2/C=Nc3ccccc32)sc1=O. The van der Waals surface area contributed by atoms with E-state index >= 15 is 0 Å². The first kappa shape index (κ1) is 17.6. The Labute approximate surface area is 151 Å². The molecule has 3 rings (SSSR count). The standard InChI is InChI=1S/C17H15N3O5S/c21-14(18-6-5-15(22)23)9-20-16(24)13(26-17(20)25)7-10-8-19-12-4-2-1-3-11(10)12/h1-4,7-8,24H,5-6,9H2,(H,18,21)(H,22,23)/b10-7-. The monoisotopic (exact) mass is 373 g/mol. The number of carboxylic acid groups (broad SMARTS) is 1. The van der Waals surface area contributed by atoms with Gasteiger partial charge in [0.05, 0.1) is 17.0 Å². The molecule has 1 aromatic carbocycles. The van der Waals surface area contributed by atoms with Crippen molar-refractivity contribution in [3.63, 3.8) is 0 Å². The van der Waals surface area contributed by atoms with Gasteiger partial charge in [0.2, 0.25) is 11.8 Å². The number of aromatic nitrogens is 1. The Balaban J connectivity index is 1.78. The maximum absolute atomic E-state index is 12.1. The maximum Gasteiger partial charge on any atom is 0.311 e. The molecule has 1 aliphatic heterocycles. The molecule has 9 heteroatoms. The van der Waals surface area contributed by atoms with E-state index in [0.29, 0.717) is 4.88 Å². The van der Waals surface area contributed by atoms with E-state index in [1.54, 1.807) is 12.3 Å². The van der Waals surface area contributed by atoms with Crippen LogP contribution in [0.3, 0.4) is 0 Å². The van der Waals surface area contributed by atoms with E-state index in [2.05, 4.69) is 10.3 Å². The van der Waals surface area contributed by atoms with Gasteiger partial charge in [-0.3, -0.25) is 23.9 Å². The second-order valence-electron chi connectivity index (χ2n) is 5.51. The van der Waals surface area contributed by atoms with E-state index in [-0.39, 0.29) is 25.4 Å². The number of hydrogen-bond acceptors (Lipinski definition) is 6. The molecule has 1 amide bonds. The van der Waals surface area contributed by atoms with Crippen molar-refractivity contribution in [2.45, 2.75) is 13.0 Å². The molecular formula is C17H15N3O5S. The molecule has 2 aromatic rings. The zero-order valence-corrected chi connectivity index (χ0v) is 14.3. The first-order valence-electron chi connectivity index (χ1n) is 7.72. The molecule has 0 bridgehead atoms. The van der Waals surface area contributed by atoms with Gasteiger partial charge in [0.1, 0.15) is 6.54 Å². The number of carboxylic acids is 1. The number of hydrogen-bond donors (Lipinski definition) is 3. The van der Waals surface area contributed by atoms with E-state index in [1.165, 1.54) is 0 Å². The molecule has 0 radical (unpaired) electrons. The summed E-state index contributed by atoms with van der Waals surface area (Å²) in [6, 6.07) is 7.49. The van der Waals surface area contributed by atoms with E-state index in [9.17, 15) is 19.5 Å².